The first-order chi connectivity index (χ1) is 13.4. The number of hydrogen-bond acceptors (Lipinski definition) is 7. The van der Waals surface area contributed by atoms with Crippen LogP contribution in [0, 0.1) is 12.3 Å². The fraction of sp³-hybridized carbons (Fsp3) is 0.273. The van der Waals surface area contributed by atoms with Crippen LogP contribution in [0.25, 0.3) is 0 Å². The Bertz CT molecular complexity index is 1230. The van der Waals surface area contributed by atoms with Crippen molar-refractivity contribution in [2.45, 2.75) is 32.5 Å². The van der Waals surface area contributed by atoms with E-state index in [4.69, 9.17) is 0 Å². The maximum atomic E-state index is 13.3. The summed E-state index contributed by atoms with van der Waals surface area (Å²) in [5, 5.41) is 54.4. The summed E-state index contributed by atoms with van der Waals surface area (Å²) < 4.78 is 0. The van der Waals surface area contributed by atoms with Crippen molar-refractivity contribution in [3.05, 3.63) is 62.7 Å². The highest BCUT2D eigenvalue weighted by atomic mass is 16.3. The van der Waals surface area contributed by atoms with Gasteiger partial charge in [0.05, 0.1) is 28.2 Å². The molecular formula is C22H18O7. The van der Waals surface area contributed by atoms with Gasteiger partial charge in [-0.2, -0.15) is 0 Å². The minimum atomic E-state index is -2.08. The molecule has 3 aliphatic carbocycles. The van der Waals surface area contributed by atoms with Crippen LogP contribution in [0.2, 0.25) is 0 Å². The maximum Gasteiger partial charge on any atom is 0.201 e. The molecule has 2 aromatic rings. The molecule has 148 valence electrons. The van der Waals surface area contributed by atoms with Crippen LogP contribution >= 0.6 is 0 Å². The van der Waals surface area contributed by atoms with Crippen molar-refractivity contribution < 1.29 is 35.1 Å². The summed E-state index contributed by atoms with van der Waals surface area (Å²) in [5.74, 6) is -2.90. The molecule has 7 nitrogen and oxygen atoms in total. The minimum absolute atomic E-state index is 0.00988. The van der Waals surface area contributed by atoms with Crippen LogP contribution in [0.1, 0.15) is 68.5 Å². The van der Waals surface area contributed by atoms with E-state index in [0.717, 1.165) is 6.07 Å². The lowest BCUT2D eigenvalue weighted by Gasteiger charge is -2.51. The third kappa shape index (κ3) is 1.72. The number of carbonyl (C=O) groups is 2. The number of phenols is 3. The van der Waals surface area contributed by atoms with E-state index in [9.17, 15) is 35.1 Å². The SMILES string of the molecule is Cc1cc(O)c2c3c1C(O)C=C1C(C)(C)C(=O)c4c(O)cc(O)c(c4C13O)C2=O. The average molecular weight is 394 g/mol. The Morgan fingerprint density at radius 2 is 1.45 bits per heavy atom. The predicted molar refractivity (Wildman–Crippen MR) is 100 cm³/mol. The van der Waals surface area contributed by atoms with Gasteiger partial charge in [0, 0.05) is 17.2 Å². The molecule has 0 aliphatic heterocycles. The molecule has 0 radical (unpaired) electrons. The van der Waals surface area contributed by atoms with Crippen LogP contribution in [0.3, 0.4) is 0 Å². The molecule has 0 aromatic heterocycles. The van der Waals surface area contributed by atoms with Gasteiger partial charge in [-0.15, -0.1) is 0 Å². The van der Waals surface area contributed by atoms with E-state index in [1.165, 1.54) is 12.1 Å². The summed E-state index contributed by atoms with van der Waals surface area (Å²) in [6.07, 6.45) is 0.158. The molecule has 0 saturated carbocycles. The number of ketones is 2. The first-order valence-corrected chi connectivity index (χ1v) is 9.13. The highest BCUT2D eigenvalue weighted by Gasteiger charge is 2.61. The average Bonchev–Trinajstić information content (AvgIpc) is 2.60. The first-order valence-electron chi connectivity index (χ1n) is 9.13. The summed E-state index contributed by atoms with van der Waals surface area (Å²) in [7, 11) is 0. The molecule has 7 heteroatoms. The number of rotatable bonds is 0. The summed E-state index contributed by atoms with van der Waals surface area (Å²) in [6, 6.07) is 2.22. The Morgan fingerprint density at radius 3 is 2.10 bits per heavy atom. The van der Waals surface area contributed by atoms with E-state index in [1.807, 2.05) is 0 Å². The Morgan fingerprint density at radius 1 is 0.897 bits per heavy atom. The van der Waals surface area contributed by atoms with Crippen LogP contribution < -0.4 is 0 Å². The highest BCUT2D eigenvalue weighted by molar-refractivity contribution is 6.21. The van der Waals surface area contributed by atoms with Crippen molar-refractivity contribution >= 4 is 11.6 Å². The molecule has 5 rings (SSSR count). The number of benzene rings is 2. The number of aliphatic hydroxyl groups excluding tert-OH is 1. The number of aryl methyl sites for hydroxylation is 1. The molecule has 3 aliphatic rings. The zero-order chi connectivity index (χ0) is 21.2. The topological polar surface area (TPSA) is 135 Å². The molecule has 29 heavy (non-hydrogen) atoms. The van der Waals surface area contributed by atoms with E-state index in [1.54, 1.807) is 20.8 Å². The van der Waals surface area contributed by atoms with Crippen molar-refractivity contribution in [3.8, 4) is 17.2 Å². The summed E-state index contributed by atoms with van der Waals surface area (Å²) in [5.41, 5.74) is -3.62. The lowest BCUT2D eigenvalue weighted by atomic mass is 9.53. The third-order valence-corrected chi connectivity index (χ3v) is 6.50. The molecule has 0 amide bonds. The number of phenolic OH excluding ortho intramolecular Hbond substituents is 3. The number of aromatic hydroxyl groups is 3. The van der Waals surface area contributed by atoms with E-state index in [2.05, 4.69) is 0 Å². The fourth-order valence-electron chi connectivity index (χ4n) is 5.25. The van der Waals surface area contributed by atoms with Crippen LogP contribution in [-0.4, -0.2) is 37.1 Å². The van der Waals surface area contributed by atoms with Crippen molar-refractivity contribution in [1.82, 2.24) is 0 Å². The summed E-state index contributed by atoms with van der Waals surface area (Å²) >= 11 is 0. The second-order valence-electron chi connectivity index (χ2n) is 8.43. The van der Waals surface area contributed by atoms with Gasteiger partial charge in [-0.3, -0.25) is 9.59 Å². The second-order valence-corrected chi connectivity index (χ2v) is 8.43. The predicted octanol–water partition coefficient (Wildman–Crippen LogP) is 2.09. The summed E-state index contributed by atoms with van der Waals surface area (Å²) in [4.78, 5) is 26.5. The number of carbonyl (C=O) groups excluding carboxylic acids is 2. The van der Waals surface area contributed by atoms with E-state index >= 15 is 0 Å². The van der Waals surface area contributed by atoms with Gasteiger partial charge >= 0.3 is 0 Å². The standard InChI is InChI=1S/C22H18O7/c1-7-4-8(23)14-17-13(7)11(26)6-12-21(2,3)20(28)16-10(25)5-9(24)15(19(14)27)18(16)22(12,17)29/h4-6,11,23-26,29H,1-3H3. The fourth-order valence-corrected chi connectivity index (χ4v) is 5.25. The van der Waals surface area contributed by atoms with Crippen molar-refractivity contribution in [1.29, 1.82) is 0 Å². The number of aliphatic hydroxyl groups is 2. The van der Waals surface area contributed by atoms with Crippen LogP contribution in [0.4, 0.5) is 0 Å². The van der Waals surface area contributed by atoms with Gasteiger partial charge in [0.2, 0.25) is 5.78 Å². The Hall–Kier alpha value is -3.16. The Kier molecular flexibility index (Phi) is 3.01. The molecule has 5 N–H and O–H groups in total. The summed E-state index contributed by atoms with van der Waals surface area (Å²) in [6.45, 7) is 4.73. The molecule has 2 aromatic carbocycles. The molecule has 2 atom stereocenters. The zero-order valence-corrected chi connectivity index (χ0v) is 15.9. The number of hydrogen-bond donors (Lipinski definition) is 5. The van der Waals surface area contributed by atoms with Crippen LogP contribution in [-0.2, 0) is 5.60 Å². The third-order valence-electron chi connectivity index (χ3n) is 6.50. The Balaban J connectivity index is 2.11. The van der Waals surface area contributed by atoms with E-state index in [0.29, 0.717) is 5.56 Å². The number of Topliss-reactive ketones (excluding diaryl/α,β-unsaturated/α-hetero) is 1. The molecule has 0 heterocycles. The first kappa shape index (κ1) is 17.9. The molecule has 2 unspecified atom stereocenters. The molecule has 0 spiro atoms. The van der Waals surface area contributed by atoms with E-state index in [-0.39, 0.29) is 39.0 Å². The van der Waals surface area contributed by atoms with Gasteiger partial charge in [-0.05, 0) is 49.6 Å². The highest BCUT2D eigenvalue weighted by Crippen LogP contribution is 2.63. The van der Waals surface area contributed by atoms with Gasteiger partial charge in [-0.25, -0.2) is 0 Å². The lowest BCUT2D eigenvalue weighted by molar-refractivity contribution is 0.0519. The lowest BCUT2D eigenvalue weighted by Crippen LogP contribution is -2.52. The molecular weight excluding hydrogens is 376 g/mol. The molecule has 0 saturated heterocycles. The largest absolute Gasteiger partial charge is 0.507 e. The zero-order valence-electron chi connectivity index (χ0n) is 15.9. The van der Waals surface area contributed by atoms with E-state index < -0.39 is 45.9 Å². The van der Waals surface area contributed by atoms with Crippen LogP contribution in [0.15, 0.2) is 23.8 Å². The maximum absolute atomic E-state index is 13.3. The normalized spacial score (nSPS) is 25.6. The van der Waals surface area contributed by atoms with Gasteiger partial charge in [0.1, 0.15) is 22.8 Å². The van der Waals surface area contributed by atoms with Crippen molar-refractivity contribution in [2.24, 2.45) is 5.41 Å². The van der Waals surface area contributed by atoms with Gasteiger partial charge < -0.3 is 25.5 Å². The smallest absolute Gasteiger partial charge is 0.201 e. The molecule has 0 bridgehead atoms. The van der Waals surface area contributed by atoms with Crippen molar-refractivity contribution in [3.63, 3.8) is 0 Å². The monoisotopic (exact) mass is 394 g/mol. The van der Waals surface area contributed by atoms with Gasteiger partial charge in [0.15, 0.2) is 5.78 Å². The second kappa shape index (κ2) is 4.87. The quantitative estimate of drug-likeness (QED) is 0.432. The van der Waals surface area contributed by atoms with Crippen molar-refractivity contribution in [2.75, 3.05) is 0 Å². The van der Waals surface area contributed by atoms with Gasteiger partial charge in [-0.1, -0.05) is 0 Å². The minimum Gasteiger partial charge on any atom is -0.507 e. The van der Waals surface area contributed by atoms with Gasteiger partial charge in [0.25, 0.3) is 0 Å². The molecule has 0 fully saturated rings. The van der Waals surface area contributed by atoms with Crippen LogP contribution in [0.5, 0.6) is 17.2 Å². The Labute approximate surface area is 165 Å².